The molecule has 200 valence electrons. The number of carbonyl (C=O) groups is 2. The molecular formula is C23H38N6O6Si. The molecule has 3 atom stereocenters. The van der Waals surface area contributed by atoms with E-state index in [9.17, 15) is 14.7 Å². The molecule has 1 fully saturated rings. The molecule has 0 radical (unpaired) electrons. The molecule has 2 aromatic rings. The maximum absolute atomic E-state index is 12.4. The zero-order chi connectivity index (χ0) is 26.9. The first-order chi connectivity index (χ1) is 16.6. The second kappa shape index (κ2) is 10.4. The zero-order valence-corrected chi connectivity index (χ0v) is 23.3. The van der Waals surface area contributed by atoms with Crippen molar-refractivity contribution in [2.24, 2.45) is 0 Å². The highest BCUT2D eigenvalue weighted by Crippen LogP contribution is 2.38. The van der Waals surface area contributed by atoms with Gasteiger partial charge in [0, 0.05) is 6.42 Å². The summed E-state index contributed by atoms with van der Waals surface area (Å²) in [4.78, 5) is 36.9. The molecule has 3 rings (SSSR count). The lowest BCUT2D eigenvalue weighted by Crippen LogP contribution is -2.42. The van der Waals surface area contributed by atoms with Crippen LogP contribution < -0.4 is 10.6 Å². The number of nitrogens with zero attached hydrogens (tertiary/aromatic N) is 4. The third-order valence-electron chi connectivity index (χ3n) is 6.28. The first-order valence-corrected chi connectivity index (χ1v) is 14.9. The number of fused-ring (bicyclic) bond motifs is 1. The molecule has 3 heterocycles. The number of alkyl carbamates (subject to hydrolysis) is 1. The Morgan fingerprint density at radius 1 is 1.19 bits per heavy atom. The lowest BCUT2D eigenvalue weighted by Gasteiger charge is -2.36. The van der Waals surface area contributed by atoms with Crippen molar-refractivity contribution in [1.29, 1.82) is 0 Å². The summed E-state index contributed by atoms with van der Waals surface area (Å²) in [5.41, 5.74) is 0.0601. The summed E-state index contributed by atoms with van der Waals surface area (Å²) < 4.78 is 19.1. The lowest BCUT2D eigenvalue weighted by atomic mass is 10.2. The summed E-state index contributed by atoms with van der Waals surface area (Å²) >= 11 is 0. The highest BCUT2D eigenvalue weighted by atomic mass is 28.4. The molecule has 0 aromatic carbocycles. The van der Waals surface area contributed by atoms with Gasteiger partial charge in [-0.25, -0.2) is 19.7 Å². The number of anilines is 1. The van der Waals surface area contributed by atoms with Crippen LogP contribution >= 0.6 is 0 Å². The Kier molecular flexibility index (Phi) is 8.08. The zero-order valence-electron chi connectivity index (χ0n) is 22.3. The Labute approximate surface area is 212 Å². The fourth-order valence-corrected chi connectivity index (χ4v) is 4.41. The molecule has 0 saturated carbocycles. The van der Waals surface area contributed by atoms with Gasteiger partial charge in [0.15, 0.2) is 31.5 Å². The minimum Gasteiger partial charge on any atom is -0.444 e. The smallest absolute Gasteiger partial charge is 0.408 e. The molecule has 2 aromatic heterocycles. The second-order valence-electron chi connectivity index (χ2n) is 11.5. The summed E-state index contributed by atoms with van der Waals surface area (Å²) in [5.74, 6) is -0.324. The number of amides is 2. The summed E-state index contributed by atoms with van der Waals surface area (Å²) in [6, 6.07) is 0. The third kappa shape index (κ3) is 6.78. The summed E-state index contributed by atoms with van der Waals surface area (Å²) in [5, 5.41) is 15.8. The molecule has 12 nitrogen and oxygen atoms in total. The summed E-state index contributed by atoms with van der Waals surface area (Å²) in [6.45, 7) is 16.2. The largest absolute Gasteiger partial charge is 0.444 e. The highest BCUT2D eigenvalue weighted by molar-refractivity contribution is 6.74. The maximum atomic E-state index is 12.4. The van der Waals surface area contributed by atoms with Crippen molar-refractivity contribution in [1.82, 2.24) is 24.8 Å². The quantitative estimate of drug-likeness (QED) is 0.466. The van der Waals surface area contributed by atoms with Gasteiger partial charge in [0.1, 0.15) is 24.6 Å². The van der Waals surface area contributed by atoms with E-state index in [1.54, 1.807) is 25.3 Å². The molecule has 3 N–H and O–H groups in total. The number of carbonyl (C=O) groups excluding carboxylic acids is 2. The van der Waals surface area contributed by atoms with E-state index in [4.69, 9.17) is 13.9 Å². The van der Waals surface area contributed by atoms with E-state index >= 15 is 0 Å². The van der Waals surface area contributed by atoms with Gasteiger partial charge in [-0.05, 0) is 38.9 Å². The predicted molar refractivity (Wildman–Crippen MR) is 136 cm³/mol. The van der Waals surface area contributed by atoms with Crippen LogP contribution in [0.3, 0.4) is 0 Å². The van der Waals surface area contributed by atoms with Crippen molar-refractivity contribution in [3.63, 3.8) is 0 Å². The second-order valence-corrected chi connectivity index (χ2v) is 16.3. The molecule has 0 spiro atoms. The Morgan fingerprint density at radius 3 is 2.53 bits per heavy atom. The van der Waals surface area contributed by atoms with Gasteiger partial charge in [0.2, 0.25) is 5.91 Å². The molecule has 36 heavy (non-hydrogen) atoms. The molecule has 13 heteroatoms. The van der Waals surface area contributed by atoms with E-state index < -0.39 is 38.3 Å². The number of imidazole rings is 1. The number of nitrogens with one attached hydrogen (secondary N) is 2. The average molecular weight is 523 g/mol. The van der Waals surface area contributed by atoms with Crippen molar-refractivity contribution >= 4 is 37.3 Å². The fraction of sp³-hybridized carbons (Fsp3) is 0.696. The SMILES string of the molecule is CC(C)(C)OC(=O)NCC(=O)Nc1ncnc2c1ncn2[C@@H]1O[C@H](CO[Si](C)(C)C(C)(C)C)C[C@H]1O. The summed E-state index contributed by atoms with van der Waals surface area (Å²) in [7, 11) is -1.95. The Bertz CT molecular complexity index is 1090. The number of rotatable bonds is 7. The van der Waals surface area contributed by atoms with Gasteiger partial charge >= 0.3 is 6.09 Å². The van der Waals surface area contributed by atoms with Crippen LogP contribution in [0.4, 0.5) is 10.6 Å². The average Bonchev–Trinajstić information content (AvgIpc) is 3.32. The van der Waals surface area contributed by atoms with Gasteiger partial charge < -0.3 is 29.6 Å². The van der Waals surface area contributed by atoms with E-state index in [1.165, 1.54) is 12.7 Å². The van der Waals surface area contributed by atoms with Crippen LogP contribution in [0.5, 0.6) is 0 Å². The van der Waals surface area contributed by atoms with Gasteiger partial charge in [-0.3, -0.25) is 9.36 Å². The lowest BCUT2D eigenvalue weighted by molar-refractivity contribution is -0.115. The Morgan fingerprint density at radius 2 is 1.89 bits per heavy atom. The number of aromatic nitrogens is 4. The van der Waals surface area contributed by atoms with Gasteiger partial charge in [0.25, 0.3) is 0 Å². The monoisotopic (exact) mass is 522 g/mol. The minimum atomic E-state index is -1.95. The van der Waals surface area contributed by atoms with Crippen molar-refractivity contribution in [3.8, 4) is 0 Å². The number of hydrogen-bond donors (Lipinski definition) is 3. The Hall–Kier alpha value is -2.61. The normalized spacial score (nSPS) is 21.0. The molecule has 2 amide bonds. The number of aliphatic hydroxyl groups excluding tert-OH is 1. The maximum Gasteiger partial charge on any atom is 0.408 e. The number of aliphatic hydroxyl groups is 1. The van der Waals surface area contributed by atoms with Crippen LogP contribution in [0.15, 0.2) is 12.7 Å². The molecule has 0 bridgehead atoms. The standard InChI is InChI=1S/C23H38N6O6Si/c1-22(2,3)35-21(32)24-10-16(31)28-18-17-19(26-12-25-18)29(13-27-17)20-15(30)9-14(34-20)11-33-36(7,8)23(4,5)6/h12-15,20,30H,9-11H2,1-8H3,(H,24,32)(H,25,26,28,31)/t14-,15+,20+/m0/s1. The summed E-state index contributed by atoms with van der Waals surface area (Å²) in [6.07, 6.45) is 0.766. The molecule has 1 saturated heterocycles. The van der Waals surface area contributed by atoms with Gasteiger partial charge in [-0.1, -0.05) is 20.8 Å². The minimum absolute atomic E-state index is 0.0738. The van der Waals surface area contributed by atoms with Crippen molar-refractivity contribution < 1.29 is 28.6 Å². The van der Waals surface area contributed by atoms with E-state index in [1.807, 2.05) is 0 Å². The van der Waals surface area contributed by atoms with Crippen molar-refractivity contribution in [3.05, 3.63) is 12.7 Å². The third-order valence-corrected chi connectivity index (χ3v) is 10.8. The van der Waals surface area contributed by atoms with Crippen LogP contribution in [-0.2, 0) is 18.7 Å². The Balaban J connectivity index is 1.65. The van der Waals surface area contributed by atoms with Gasteiger partial charge in [-0.15, -0.1) is 0 Å². The van der Waals surface area contributed by atoms with Crippen LogP contribution in [0.1, 0.15) is 54.2 Å². The molecular weight excluding hydrogens is 484 g/mol. The van der Waals surface area contributed by atoms with Crippen LogP contribution in [0, 0.1) is 0 Å². The van der Waals surface area contributed by atoms with Crippen LogP contribution in [-0.4, -0.2) is 75.9 Å². The van der Waals surface area contributed by atoms with Gasteiger partial charge in [0.05, 0.1) is 19.0 Å². The number of ether oxygens (including phenoxy) is 2. The molecule has 1 aliphatic heterocycles. The van der Waals surface area contributed by atoms with Gasteiger partial charge in [-0.2, -0.15) is 0 Å². The molecule has 1 aliphatic rings. The fourth-order valence-electron chi connectivity index (χ4n) is 3.38. The molecule has 0 aliphatic carbocycles. The predicted octanol–water partition coefficient (Wildman–Crippen LogP) is 2.96. The van der Waals surface area contributed by atoms with Crippen molar-refractivity contribution in [2.75, 3.05) is 18.5 Å². The van der Waals surface area contributed by atoms with E-state index in [0.29, 0.717) is 24.2 Å². The number of hydrogen-bond acceptors (Lipinski definition) is 9. The van der Waals surface area contributed by atoms with Crippen LogP contribution in [0.2, 0.25) is 18.1 Å². The topological polar surface area (TPSA) is 150 Å². The first-order valence-electron chi connectivity index (χ1n) is 12.0. The van der Waals surface area contributed by atoms with E-state index in [0.717, 1.165) is 0 Å². The first kappa shape index (κ1) is 28.0. The van der Waals surface area contributed by atoms with Crippen molar-refractivity contribution in [2.45, 2.75) is 90.1 Å². The van der Waals surface area contributed by atoms with E-state index in [2.05, 4.69) is 59.5 Å². The highest BCUT2D eigenvalue weighted by Gasteiger charge is 2.41. The molecule has 0 unspecified atom stereocenters. The van der Waals surface area contributed by atoms with Crippen LogP contribution in [0.25, 0.3) is 11.2 Å². The van der Waals surface area contributed by atoms with E-state index in [-0.39, 0.29) is 23.5 Å².